The van der Waals surface area contributed by atoms with Gasteiger partial charge >= 0.3 is 0 Å². The highest BCUT2D eigenvalue weighted by Crippen LogP contribution is 2.11. The number of hydrogen-bond acceptors (Lipinski definition) is 2. The second kappa shape index (κ2) is 16.9. The van der Waals surface area contributed by atoms with E-state index < -0.39 is 0 Å². The van der Waals surface area contributed by atoms with E-state index in [1.54, 1.807) is 0 Å². The molecule has 0 aromatic carbocycles. The van der Waals surface area contributed by atoms with Crippen LogP contribution in [0.1, 0.15) is 84.0 Å². The van der Waals surface area contributed by atoms with Crippen LogP contribution in [0.25, 0.3) is 0 Å². The van der Waals surface area contributed by atoms with E-state index in [1.807, 2.05) is 0 Å². The highest BCUT2D eigenvalue weighted by molar-refractivity contribution is 4.49. The molecule has 0 unspecified atom stereocenters. The average Bonchev–Trinajstić information content (AvgIpc) is 2.30. The van der Waals surface area contributed by atoms with Gasteiger partial charge in [-0.2, -0.15) is 0 Å². The van der Waals surface area contributed by atoms with E-state index in [9.17, 15) is 0 Å². The minimum atomic E-state index is 0. The van der Waals surface area contributed by atoms with E-state index in [-0.39, 0.29) is 6.15 Å². The van der Waals surface area contributed by atoms with Crippen molar-refractivity contribution in [3.8, 4) is 0 Å². The first-order valence-electron chi connectivity index (χ1n) is 7.92. The summed E-state index contributed by atoms with van der Waals surface area (Å²) < 4.78 is 0. The second-order valence-electron chi connectivity index (χ2n) is 5.69. The molecule has 18 heavy (non-hydrogen) atoms. The van der Waals surface area contributed by atoms with Crippen molar-refractivity contribution in [3.63, 3.8) is 0 Å². The molecule has 0 aliphatic rings. The SMILES string of the molecule is CCCCCCCCCCCCCCN(C)C.N. The Morgan fingerprint density at radius 1 is 0.556 bits per heavy atom. The van der Waals surface area contributed by atoms with E-state index >= 15 is 0 Å². The van der Waals surface area contributed by atoms with Gasteiger partial charge in [-0.3, -0.25) is 0 Å². The number of hydrogen-bond donors (Lipinski definition) is 1. The molecule has 3 N–H and O–H groups in total. The van der Waals surface area contributed by atoms with Gasteiger partial charge < -0.3 is 11.1 Å². The Morgan fingerprint density at radius 2 is 0.889 bits per heavy atom. The van der Waals surface area contributed by atoms with Crippen molar-refractivity contribution in [1.82, 2.24) is 11.1 Å². The smallest absolute Gasteiger partial charge is 0.00248 e. The minimum Gasteiger partial charge on any atom is -0.344 e. The van der Waals surface area contributed by atoms with Gasteiger partial charge in [0.05, 0.1) is 0 Å². The molecule has 0 radical (unpaired) electrons. The molecule has 0 saturated heterocycles. The molecular formula is C16H38N2. The predicted octanol–water partition coefficient (Wildman–Crippen LogP) is 5.41. The third kappa shape index (κ3) is 18.3. The molecule has 0 aliphatic carbocycles. The Labute approximate surface area is 116 Å². The lowest BCUT2D eigenvalue weighted by Gasteiger charge is -2.08. The normalized spacial score (nSPS) is 10.7. The van der Waals surface area contributed by atoms with Crippen LogP contribution >= 0.6 is 0 Å². The van der Waals surface area contributed by atoms with E-state index in [1.165, 1.54) is 83.6 Å². The lowest BCUT2D eigenvalue weighted by atomic mass is 10.1. The van der Waals surface area contributed by atoms with Crippen LogP contribution < -0.4 is 6.15 Å². The maximum Gasteiger partial charge on any atom is -0.00248 e. The Morgan fingerprint density at radius 3 is 1.22 bits per heavy atom. The molecule has 0 heterocycles. The van der Waals surface area contributed by atoms with Gasteiger partial charge in [0.2, 0.25) is 0 Å². The van der Waals surface area contributed by atoms with Crippen molar-refractivity contribution < 1.29 is 0 Å². The molecule has 0 bridgehead atoms. The summed E-state index contributed by atoms with van der Waals surface area (Å²) in [7, 11) is 4.33. The zero-order valence-corrected chi connectivity index (χ0v) is 13.3. The number of unbranched alkanes of at least 4 members (excludes halogenated alkanes) is 11. The van der Waals surface area contributed by atoms with Gasteiger partial charge in [0.25, 0.3) is 0 Å². The lowest BCUT2D eigenvalue weighted by Crippen LogP contribution is -2.12. The van der Waals surface area contributed by atoms with Crippen LogP contribution in [-0.2, 0) is 0 Å². The zero-order valence-electron chi connectivity index (χ0n) is 13.3. The maximum absolute atomic E-state index is 2.29. The number of nitrogens with zero attached hydrogens (tertiary/aromatic N) is 1. The molecule has 0 aliphatic heterocycles. The quantitative estimate of drug-likeness (QED) is 0.448. The van der Waals surface area contributed by atoms with E-state index in [4.69, 9.17) is 0 Å². The van der Waals surface area contributed by atoms with Crippen molar-refractivity contribution in [2.24, 2.45) is 0 Å². The first-order chi connectivity index (χ1) is 8.27. The van der Waals surface area contributed by atoms with Gasteiger partial charge in [-0.05, 0) is 27.1 Å². The van der Waals surface area contributed by atoms with E-state index in [0.29, 0.717) is 0 Å². The third-order valence-corrected chi connectivity index (χ3v) is 3.46. The molecule has 2 heteroatoms. The summed E-state index contributed by atoms with van der Waals surface area (Å²) in [5.41, 5.74) is 0. The molecule has 0 fully saturated rings. The standard InChI is InChI=1S/C16H35N.H3N/c1-4-5-6-7-8-9-10-11-12-13-14-15-16-17(2)3;/h4-16H2,1-3H3;1H3. The van der Waals surface area contributed by atoms with Crippen molar-refractivity contribution >= 4 is 0 Å². The third-order valence-electron chi connectivity index (χ3n) is 3.46. The lowest BCUT2D eigenvalue weighted by molar-refractivity contribution is 0.389. The highest BCUT2D eigenvalue weighted by atomic mass is 15.0. The molecule has 0 saturated carbocycles. The summed E-state index contributed by atoms with van der Waals surface area (Å²) in [5, 5.41) is 0. The highest BCUT2D eigenvalue weighted by Gasteiger charge is 1.94. The zero-order chi connectivity index (χ0) is 12.8. The van der Waals surface area contributed by atoms with Gasteiger partial charge in [-0.25, -0.2) is 0 Å². The van der Waals surface area contributed by atoms with Gasteiger partial charge in [-0.15, -0.1) is 0 Å². The molecule has 0 atom stereocenters. The van der Waals surface area contributed by atoms with Crippen molar-refractivity contribution in [3.05, 3.63) is 0 Å². The minimum absolute atomic E-state index is 0. The van der Waals surface area contributed by atoms with Crippen LogP contribution in [0.4, 0.5) is 0 Å². The Hall–Kier alpha value is -0.0800. The second-order valence-corrected chi connectivity index (χ2v) is 5.69. The average molecular weight is 258 g/mol. The van der Waals surface area contributed by atoms with Crippen molar-refractivity contribution in [2.75, 3.05) is 20.6 Å². The van der Waals surface area contributed by atoms with Crippen molar-refractivity contribution in [1.29, 1.82) is 0 Å². The van der Waals surface area contributed by atoms with Crippen LogP contribution in [0.2, 0.25) is 0 Å². The molecular weight excluding hydrogens is 220 g/mol. The fourth-order valence-corrected chi connectivity index (χ4v) is 2.27. The van der Waals surface area contributed by atoms with Gasteiger partial charge in [-0.1, -0.05) is 77.6 Å². The van der Waals surface area contributed by atoms with Gasteiger partial charge in [0, 0.05) is 0 Å². The molecule has 0 aromatic rings. The summed E-state index contributed by atoms with van der Waals surface area (Å²) in [6.45, 7) is 3.55. The van der Waals surface area contributed by atoms with Gasteiger partial charge in [0.1, 0.15) is 0 Å². The summed E-state index contributed by atoms with van der Waals surface area (Å²) in [6, 6.07) is 0. The molecule has 0 rings (SSSR count). The molecule has 0 amide bonds. The van der Waals surface area contributed by atoms with Crippen LogP contribution in [0.3, 0.4) is 0 Å². The Bertz CT molecular complexity index is 135. The van der Waals surface area contributed by atoms with Crippen LogP contribution in [0, 0.1) is 0 Å². The molecule has 0 spiro atoms. The monoisotopic (exact) mass is 258 g/mol. The molecule has 2 nitrogen and oxygen atoms in total. The van der Waals surface area contributed by atoms with E-state index in [2.05, 4.69) is 25.9 Å². The predicted molar refractivity (Wildman–Crippen MR) is 84.7 cm³/mol. The molecule has 0 aromatic heterocycles. The largest absolute Gasteiger partial charge is 0.344 e. The summed E-state index contributed by atoms with van der Waals surface area (Å²) >= 11 is 0. The fraction of sp³-hybridized carbons (Fsp3) is 1.00. The number of rotatable bonds is 13. The first kappa shape index (κ1) is 20.2. The van der Waals surface area contributed by atoms with Crippen molar-refractivity contribution in [2.45, 2.75) is 84.0 Å². The van der Waals surface area contributed by atoms with Crippen LogP contribution in [0.5, 0.6) is 0 Å². The summed E-state index contributed by atoms with van der Waals surface area (Å²) in [4.78, 5) is 2.29. The maximum atomic E-state index is 2.29. The summed E-state index contributed by atoms with van der Waals surface area (Å²) in [6.07, 6.45) is 17.3. The molecule has 112 valence electrons. The first-order valence-corrected chi connectivity index (χ1v) is 7.92. The topological polar surface area (TPSA) is 38.2 Å². The van der Waals surface area contributed by atoms with Crippen LogP contribution in [-0.4, -0.2) is 25.5 Å². The van der Waals surface area contributed by atoms with Crippen LogP contribution in [0.15, 0.2) is 0 Å². The van der Waals surface area contributed by atoms with E-state index in [0.717, 1.165) is 0 Å². The Balaban J connectivity index is 0. The fourth-order valence-electron chi connectivity index (χ4n) is 2.27. The Kier molecular flexibility index (Phi) is 19.0. The van der Waals surface area contributed by atoms with Gasteiger partial charge in [0.15, 0.2) is 0 Å². The summed E-state index contributed by atoms with van der Waals surface area (Å²) in [5.74, 6) is 0.